The minimum Gasteiger partial charge on any atom is -0.497 e. The van der Waals surface area contributed by atoms with Crippen molar-refractivity contribution in [3.05, 3.63) is 89.6 Å². The predicted octanol–water partition coefficient (Wildman–Crippen LogP) is 5.43. The Bertz CT molecular complexity index is 1140. The standard InChI is InChI=1S/C28H29NO4/c1-32-23-14-13-22-15-17-29(26-8-4-3-7-24(26)25(22)19-23)16-5-6-20-9-11-21(12-10-20)18-27(33-2)28(30)31/h3-4,7-15,17,19,27H,5-6,16,18H2,1-2H3,(H,30,31). The number of aliphatic carboxylic acids is 1. The number of aryl methyl sites for hydroxylation is 1. The lowest BCUT2D eigenvalue weighted by Gasteiger charge is -2.22. The number of nitrogens with zero attached hydrogens (tertiary/aromatic N) is 1. The molecule has 1 heterocycles. The molecule has 1 N–H and O–H groups in total. The molecule has 0 aliphatic carbocycles. The smallest absolute Gasteiger partial charge is 0.333 e. The summed E-state index contributed by atoms with van der Waals surface area (Å²) in [5.41, 5.74) is 6.95. The lowest BCUT2D eigenvalue weighted by molar-refractivity contribution is -0.148. The third kappa shape index (κ3) is 5.26. The number of fused-ring (bicyclic) bond motifs is 3. The number of benzene rings is 3. The molecule has 1 aliphatic rings. The number of hydrogen-bond donors (Lipinski definition) is 1. The Morgan fingerprint density at radius 1 is 0.970 bits per heavy atom. The summed E-state index contributed by atoms with van der Waals surface area (Å²) in [6, 6.07) is 22.8. The summed E-state index contributed by atoms with van der Waals surface area (Å²) in [6.45, 7) is 0.894. The molecule has 170 valence electrons. The number of anilines is 1. The van der Waals surface area contributed by atoms with E-state index in [1.54, 1.807) is 7.11 Å². The van der Waals surface area contributed by atoms with E-state index >= 15 is 0 Å². The van der Waals surface area contributed by atoms with E-state index in [9.17, 15) is 4.79 Å². The maximum Gasteiger partial charge on any atom is 0.333 e. The molecule has 0 saturated carbocycles. The molecule has 5 heteroatoms. The van der Waals surface area contributed by atoms with Crippen LogP contribution in [0.15, 0.2) is 72.9 Å². The molecule has 5 nitrogen and oxygen atoms in total. The summed E-state index contributed by atoms with van der Waals surface area (Å²) in [6.07, 6.45) is 5.82. The van der Waals surface area contributed by atoms with Gasteiger partial charge in [-0.2, -0.15) is 0 Å². The molecule has 1 atom stereocenters. The van der Waals surface area contributed by atoms with Crippen molar-refractivity contribution in [2.75, 3.05) is 25.7 Å². The van der Waals surface area contributed by atoms with Crippen molar-refractivity contribution in [1.29, 1.82) is 0 Å². The van der Waals surface area contributed by atoms with Gasteiger partial charge < -0.3 is 19.5 Å². The summed E-state index contributed by atoms with van der Waals surface area (Å²) >= 11 is 0. The van der Waals surface area contributed by atoms with Crippen LogP contribution < -0.4 is 9.64 Å². The van der Waals surface area contributed by atoms with Gasteiger partial charge in [0.1, 0.15) is 5.75 Å². The van der Waals surface area contributed by atoms with Gasteiger partial charge in [0.2, 0.25) is 0 Å². The zero-order valence-corrected chi connectivity index (χ0v) is 19.0. The monoisotopic (exact) mass is 443 g/mol. The molecule has 3 aromatic carbocycles. The number of hydrogen-bond acceptors (Lipinski definition) is 4. The molecular weight excluding hydrogens is 414 g/mol. The summed E-state index contributed by atoms with van der Waals surface area (Å²) < 4.78 is 10.5. The Balaban J connectivity index is 1.43. The van der Waals surface area contributed by atoms with Gasteiger partial charge in [0.15, 0.2) is 6.10 Å². The van der Waals surface area contributed by atoms with Gasteiger partial charge in [-0.05, 0) is 59.4 Å². The third-order valence-corrected chi connectivity index (χ3v) is 6.07. The Kier molecular flexibility index (Phi) is 7.10. The fraction of sp³-hybridized carbons (Fsp3) is 0.250. The van der Waals surface area contributed by atoms with E-state index in [4.69, 9.17) is 14.6 Å². The van der Waals surface area contributed by atoms with Crippen LogP contribution in [-0.4, -0.2) is 37.9 Å². The average molecular weight is 444 g/mol. The second-order valence-corrected chi connectivity index (χ2v) is 8.17. The van der Waals surface area contributed by atoms with E-state index in [1.807, 2.05) is 18.2 Å². The third-order valence-electron chi connectivity index (χ3n) is 6.07. The molecule has 1 unspecified atom stereocenters. The summed E-state index contributed by atoms with van der Waals surface area (Å²) in [5.74, 6) is -0.0815. The Morgan fingerprint density at radius 2 is 1.73 bits per heavy atom. The van der Waals surface area contributed by atoms with Crippen molar-refractivity contribution < 1.29 is 19.4 Å². The van der Waals surface area contributed by atoms with Crippen LogP contribution in [-0.2, 0) is 22.4 Å². The van der Waals surface area contributed by atoms with Crippen LogP contribution in [0.25, 0.3) is 17.2 Å². The molecule has 1 aliphatic heterocycles. The highest BCUT2D eigenvalue weighted by Gasteiger charge is 2.18. The van der Waals surface area contributed by atoms with Crippen LogP contribution in [0, 0.1) is 0 Å². The maximum absolute atomic E-state index is 11.2. The molecule has 33 heavy (non-hydrogen) atoms. The molecule has 0 fully saturated rings. The molecule has 0 bridgehead atoms. The highest BCUT2D eigenvalue weighted by atomic mass is 16.5. The lowest BCUT2D eigenvalue weighted by atomic mass is 9.98. The van der Waals surface area contributed by atoms with E-state index < -0.39 is 12.1 Å². The average Bonchev–Trinajstić information content (AvgIpc) is 3.00. The van der Waals surface area contributed by atoms with Gasteiger partial charge in [0, 0.05) is 37.5 Å². The van der Waals surface area contributed by atoms with Gasteiger partial charge >= 0.3 is 5.97 Å². The van der Waals surface area contributed by atoms with Gasteiger partial charge in [-0.3, -0.25) is 0 Å². The number of carbonyl (C=O) groups is 1. The van der Waals surface area contributed by atoms with Crippen molar-refractivity contribution in [2.45, 2.75) is 25.4 Å². The number of carboxylic acids is 1. The topological polar surface area (TPSA) is 59.0 Å². The van der Waals surface area contributed by atoms with Gasteiger partial charge in [-0.15, -0.1) is 0 Å². The maximum atomic E-state index is 11.2. The van der Waals surface area contributed by atoms with Crippen molar-refractivity contribution in [1.82, 2.24) is 0 Å². The molecule has 0 aromatic heterocycles. The molecule has 3 aromatic rings. The van der Waals surface area contributed by atoms with Crippen LogP contribution in [0.5, 0.6) is 5.75 Å². The normalized spacial score (nSPS) is 13.1. The highest BCUT2D eigenvalue weighted by molar-refractivity contribution is 5.88. The van der Waals surface area contributed by atoms with Crippen molar-refractivity contribution in [2.24, 2.45) is 0 Å². The minimum atomic E-state index is -0.937. The quantitative estimate of drug-likeness (QED) is 0.478. The number of para-hydroxylation sites is 1. The Labute approximate surface area is 194 Å². The Hall–Kier alpha value is -3.57. The van der Waals surface area contributed by atoms with E-state index in [0.29, 0.717) is 6.42 Å². The van der Waals surface area contributed by atoms with E-state index in [2.05, 4.69) is 65.7 Å². The first kappa shape index (κ1) is 22.6. The van der Waals surface area contributed by atoms with E-state index in [-0.39, 0.29) is 0 Å². The molecule has 0 amide bonds. The number of methoxy groups -OCH3 is 2. The summed E-state index contributed by atoms with van der Waals surface area (Å²) in [5, 5.41) is 9.16. The molecule has 0 spiro atoms. The largest absolute Gasteiger partial charge is 0.497 e. The summed E-state index contributed by atoms with van der Waals surface area (Å²) in [7, 11) is 3.12. The fourth-order valence-corrected chi connectivity index (χ4v) is 4.22. The molecular formula is C28H29NO4. The van der Waals surface area contributed by atoms with Gasteiger partial charge in [0.25, 0.3) is 0 Å². The number of carboxylic acid groups (broad SMARTS) is 1. The lowest BCUT2D eigenvalue weighted by Crippen LogP contribution is -2.24. The first-order valence-corrected chi connectivity index (χ1v) is 11.1. The predicted molar refractivity (Wildman–Crippen MR) is 132 cm³/mol. The van der Waals surface area contributed by atoms with Crippen LogP contribution in [0.1, 0.15) is 23.1 Å². The second kappa shape index (κ2) is 10.4. The zero-order chi connectivity index (χ0) is 23.2. The molecule has 4 rings (SSSR count). The van der Waals surface area contributed by atoms with Gasteiger partial charge in [-0.25, -0.2) is 4.79 Å². The fourth-order valence-electron chi connectivity index (χ4n) is 4.22. The minimum absolute atomic E-state index is 0.368. The van der Waals surface area contributed by atoms with Crippen LogP contribution >= 0.6 is 0 Å². The van der Waals surface area contributed by atoms with Crippen LogP contribution in [0.2, 0.25) is 0 Å². The van der Waals surface area contributed by atoms with Gasteiger partial charge in [-0.1, -0.05) is 48.5 Å². The zero-order valence-electron chi connectivity index (χ0n) is 19.0. The molecule has 0 saturated heterocycles. The van der Waals surface area contributed by atoms with E-state index in [1.165, 1.54) is 35.1 Å². The van der Waals surface area contributed by atoms with Crippen molar-refractivity contribution >= 4 is 17.7 Å². The summed E-state index contributed by atoms with van der Waals surface area (Å²) in [4.78, 5) is 13.5. The second-order valence-electron chi connectivity index (χ2n) is 8.17. The van der Waals surface area contributed by atoms with Crippen molar-refractivity contribution in [3.8, 4) is 16.9 Å². The number of ether oxygens (including phenoxy) is 2. The van der Waals surface area contributed by atoms with Gasteiger partial charge in [0.05, 0.1) is 7.11 Å². The van der Waals surface area contributed by atoms with Crippen LogP contribution in [0.4, 0.5) is 5.69 Å². The van der Waals surface area contributed by atoms with E-state index in [0.717, 1.165) is 30.7 Å². The first-order chi connectivity index (χ1) is 16.1. The highest BCUT2D eigenvalue weighted by Crippen LogP contribution is 2.38. The van der Waals surface area contributed by atoms with Crippen molar-refractivity contribution in [3.63, 3.8) is 0 Å². The number of rotatable bonds is 9. The SMILES string of the molecule is COc1ccc2c(c1)-c1ccccc1N(CCCc1ccc(CC(OC)C(=O)O)cc1)C=C2. The van der Waals surface area contributed by atoms with Crippen LogP contribution in [0.3, 0.4) is 0 Å². The first-order valence-electron chi connectivity index (χ1n) is 11.1. The Morgan fingerprint density at radius 3 is 2.45 bits per heavy atom. The molecule has 0 radical (unpaired) electrons.